The van der Waals surface area contributed by atoms with Crippen molar-refractivity contribution in [1.82, 2.24) is 0 Å². The van der Waals surface area contributed by atoms with Gasteiger partial charge in [-0.25, -0.2) is 4.79 Å². The number of quaternary nitrogens is 1. The number of halogens is 1. The van der Waals surface area contributed by atoms with Crippen LogP contribution in [0.4, 0.5) is 4.39 Å². The number of hydrogen-bond donors (Lipinski definition) is 2. The molecule has 0 bridgehead atoms. The molecule has 0 spiro atoms. The Morgan fingerprint density at radius 1 is 1.44 bits per heavy atom. The van der Waals surface area contributed by atoms with Crippen molar-refractivity contribution in [2.24, 2.45) is 5.73 Å². The monoisotopic (exact) mass is 253 g/mol. The molecule has 1 rings (SSSR count). The van der Waals surface area contributed by atoms with E-state index in [1.165, 1.54) is 0 Å². The van der Waals surface area contributed by atoms with Gasteiger partial charge in [-0.2, -0.15) is 4.39 Å². The minimum atomic E-state index is -0.997. The summed E-state index contributed by atoms with van der Waals surface area (Å²) in [6.45, 7) is 3.43. The number of carbonyl (C=O) groups is 1. The lowest BCUT2D eigenvalue weighted by Crippen LogP contribution is -2.60. The molecule has 1 aromatic carbocycles. The van der Waals surface area contributed by atoms with E-state index in [2.05, 4.69) is 5.73 Å². The quantitative estimate of drug-likeness (QED) is 0.617. The largest absolute Gasteiger partial charge is 0.497 e. The van der Waals surface area contributed by atoms with Crippen molar-refractivity contribution in [1.29, 1.82) is 0 Å². The number of amides is 1. The lowest BCUT2D eigenvalue weighted by atomic mass is 9.77. The molecule has 4 nitrogen and oxygen atoms in total. The minimum Gasteiger partial charge on any atom is -0.497 e. The van der Waals surface area contributed by atoms with Gasteiger partial charge in [0.1, 0.15) is 11.3 Å². The summed E-state index contributed by atoms with van der Waals surface area (Å²) in [6.07, 6.45) is 0. The third-order valence-corrected chi connectivity index (χ3v) is 2.93. The van der Waals surface area contributed by atoms with Crippen LogP contribution in [0.2, 0.25) is 0 Å². The predicted octanol–water partition coefficient (Wildman–Crippen LogP) is 0.881. The van der Waals surface area contributed by atoms with Crippen LogP contribution in [0.1, 0.15) is 19.4 Å². The first-order valence-electron chi connectivity index (χ1n) is 5.47. The van der Waals surface area contributed by atoms with Crippen LogP contribution in [0.3, 0.4) is 0 Å². The fraction of sp³-hybridized carbons (Fsp3) is 0.308. The van der Waals surface area contributed by atoms with E-state index in [-0.39, 0.29) is 5.57 Å². The number of carbonyl (C=O) groups excluding carboxylic acids is 1. The van der Waals surface area contributed by atoms with Crippen molar-refractivity contribution in [2.45, 2.75) is 19.3 Å². The van der Waals surface area contributed by atoms with Gasteiger partial charge in [-0.15, -0.1) is 0 Å². The second kappa shape index (κ2) is 5.18. The Morgan fingerprint density at radius 3 is 2.50 bits per heavy atom. The number of methoxy groups -OCH3 is 1. The predicted molar refractivity (Wildman–Crippen MR) is 66.2 cm³/mol. The van der Waals surface area contributed by atoms with Gasteiger partial charge >= 0.3 is 5.91 Å². The summed E-state index contributed by atoms with van der Waals surface area (Å²) in [5, 5.41) is 0. The molecule has 0 heterocycles. The van der Waals surface area contributed by atoms with Crippen LogP contribution >= 0.6 is 0 Å². The van der Waals surface area contributed by atoms with Gasteiger partial charge in [-0.3, -0.25) is 5.73 Å². The molecule has 0 atom stereocenters. The Kier molecular flexibility index (Phi) is 4.08. The van der Waals surface area contributed by atoms with Crippen LogP contribution in [-0.4, -0.2) is 13.0 Å². The van der Waals surface area contributed by atoms with E-state index in [0.29, 0.717) is 5.75 Å². The first-order chi connectivity index (χ1) is 8.30. The molecule has 0 unspecified atom stereocenters. The van der Waals surface area contributed by atoms with Crippen molar-refractivity contribution in [3.05, 3.63) is 41.4 Å². The Bertz CT molecular complexity index is 492. The zero-order valence-electron chi connectivity index (χ0n) is 10.8. The summed E-state index contributed by atoms with van der Waals surface area (Å²) in [5.74, 6) is -0.987. The molecule has 0 aromatic heterocycles. The molecule has 0 radical (unpaired) electrons. The van der Waals surface area contributed by atoms with E-state index >= 15 is 0 Å². The Hall–Kier alpha value is -1.88. The molecule has 5 N–H and O–H groups in total. The van der Waals surface area contributed by atoms with Crippen molar-refractivity contribution < 1.29 is 19.7 Å². The number of rotatable bonds is 4. The fourth-order valence-corrected chi connectivity index (χ4v) is 1.94. The number of ether oxygens (including phenoxy) is 1. The average molecular weight is 253 g/mol. The molecular weight excluding hydrogens is 235 g/mol. The smallest absolute Gasteiger partial charge is 0.342 e. The highest BCUT2D eigenvalue weighted by molar-refractivity contribution is 5.88. The van der Waals surface area contributed by atoms with Crippen molar-refractivity contribution in [2.75, 3.05) is 7.11 Å². The molecule has 1 amide bonds. The van der Waals surface area contributed by atoms with Gasteiger partial charge in [0, 0.05) is 5.41 Å². The second-order valence-corrected chi connectivity index (χ2v) is 4.50. The Morgan fingerprint density at radius 2 is 2.06 bits per heavy atom. The maximum absolute atomic E-state index is 13.3. The third-order valence-electron chi connectivity index (χ3n) is 2.93. The van der Waals surface area contributed by atoms with E-state index in [4.69, 9.17) is 10.5 Å². The molecule has 0 aliphatic carbocycles. The number of benzene rings is 1. The molecule has 1 aromatic rings. The normalized spacial score (nSPS) is 12.9. The van der Waals surface area contributed by atoms with E-state index < -0.39 is 17.3 Å². The van der Waals surface area contributed by atoms with E-state index in [1.807, 2.05) is 0 Å². The summed E-state index contributed by atoms with van der Waals surface area (Å²) in [4.78, 5) is 11.4. The molecule has 18 heavy (non-hydrogen) atoms. The lowest BCUT2D eigenvalue weighted by molar-refractivity contribution is -0.300. The summed E-state index contributed by atoms with van der Waals surface area (Å²) < 4.78 is 18.5. The van der Waals surface area contributed by atoms with Crippen LogP contribution in [-0.2, 0) is 10.2 Å². The number of hydrogen-bond acceptors (Lipinski definition) is 3. The highest BCUT2D eigenvalue weighted by Crippen LogP contribution is 2.34. The first-order valence-corrected chi connectivity index (χ1v) is 5.47. The average Bonchev–Trinajstić information content (AvgIpc) is 2.27. The summed E-state index contributed by atoms with van der Waals surface area (Å²) in [6, 6.07) is 7.07. The van der Waals surface area contributed by atoms with Crippen molar-refractivity contribution in [3.63, 3.8) is 0 Å². The molecule has 0 aliphatic heterocycles. The highest BCUT2D eigenvalue weighted by atomic mass is 19.1. The second-order valence-electron chi connectivity index (χ2n) is 4.50. The maximum Gasteiger partial charge on any atom is 0.342 e. The minimum absolute atomic E-state index is 0.129. The molecule has 0 aliphatic rings. The van der Waals surface area contributed by atoms with Gasteiger partial charge in [0.25, 0.3) is 0 Å². The third kappa shape index (κ3) is 2.68. The van der Waals surface area contributed by atoms with Gasteiger partial charge in [-0.05, 0) is 17.7 Å². The summed E-state index contributed by atoms with van der Waals surface area (Å²) >= 11 is 0. The topological polar surface area (TPSA) is 80.0 Å². The van der Waals surface area contributed by atoms with Crippen molar-refractivity contribution in [3.8, 4) is 5.75 Å². The van der Waals surface area contributed by atoms with Gasteiger partial charge in [0.15, 0.2) is 5.95 Å². The van der Waals surface area contributed by atoms with E-state index in [0.717, 1.165) is 5.56 Å². The lowest BCUT2D eigenvalue weighted by Gasteiger charge is -2.25. The zero-order valence-corrected chi connectivity index (χ0v) is 10.8. The van der Waals surface area contributed by atoms with Gasteiger partial charge < -0.3 is 10.5 Å². The molecule has 5 heteroatoms. The molecule has 98 valence electrons. The van der Waals surface area contributed by atoms with Gasteiger partial charge in [0.05, 0.1) is 7.11 Å². The SMILES string of the molecule is COc1cccc(C(C)(C)/C(C([NH3+])=O)=C(/N)F)c1. The molecule has 0 fully saturated rings. The van der Waals surface area contributed by atoms with Crippen LogP contribution in [0.15, 0.2) is 35.8 Å². The van der Waals surface area contributed by atoms with Gasteiger partial charge in [0.2, 0.25) is 0 Å². The zero-order chi connectivity index (χ0) is 13.9. The highest BCUT2D eigenvalue weighted by Gasteiger charge is 2.34. The fourth-order valence-electron chi connectivity index (χ4n) is 1.94. The Balaban J connectivity index is 3.35. The van der Waals surface area contributed by atoms with E-state index in [9.17, 15) is 9.18 Å². The standard InChI is InChI=1S/C13H17FN2O2/c1-13(2,10(11(14)15)12(16)17)8-5-4-6-9(7-8)18-3/h4-7H,15H2,1-3H3,(H2,16,17)/p+1/b11-10+. The van der Waals surface area contributed by atoms with Crippen LogP contribution in [0.25, 0.3) is 0 Å². The van der Waals surface area contributed by atoms with Crippen LogP contribution in [0, 0.1) is 0 Å². The van der Waals surface area contributed by atoms with Gasteiger partial charge in [-0.1, -0.05) is 26.0 Å². The number of nitrogens with two attached hydrogens (primary N) is 1. The Labute approximate surface area is 105 Å². The molecular formula is C13H18FN2O2+. The first kappa shape index (κ1) is 14.2. The maximum atomic E-state index is 13.3. The van der Waals surface area contributed by atoms with Crippen LogP contribution in [0.5, 0.6) is 5.75 Å². The summed E-state index contributed by atoms with van der Waals surface area (Å²) in [5.41, 5.74) is 8.13. The molecule has 0 saturated carbocycles. The summed E-state index contributed by atoms with van der Waals surface area (Å²) in [7, 11) is 1.54. The van der Waals surface area contributed by atoms with Crippen molar-refractivity contribution >= 4 is 5.91 Å². The van der Waals surface area contributed by atoms with Crippen LogP contribution < -0.4 is 16.2 Å². The molecule has 0 saturated heterocycles. The van der Waals surface area contributed by atoms with E-state index in [1.54, 1.807) is 45.2 Å².